The van der Waals surface area contributed by atoms with Gasteiger partial charge in [-0.3, -0.25) is 0 Å². The lowest BCUT2D eigenvalue weighted by atomic mass is 9.95. The molecule has 0 radical (unpaired) electrons. The van der Waals surface area contributed by atoms with Gasteiger partial charge in [-0.05, 0) is 13.8 Å². The van der Waals surface area contributed by atoms with E-state index in [0.29, 0.717) is 6.61 Å². The van der Waals surface area contributed by atoms with Gasteiger partial charge in [0.2, 0.25) is 0 Å². The molecule has 5 unspecified atom stereocenters. The molecule has 0 bridgehead atoms. The van der Waals surface area contributed by atoms with Crippen molar-refractivity contribution in [1.29, 1.82) is 0 Å². The van der Waals surface area contributed by atoms with Crippen LogP contribution in [0.2, 0.25) is 0 Å². The van der Waals surface area contributed by atoms with Gasteiger partial charge in [-0.1, -0.05) is 60.7 Å². The highest BCUT2D eigenvalue weighted by atomic mass is 16.8. The lowest BCUT2D eigenvalue weighted by Crippen LogP contribution is -2.59. The Kier molecular flexibility index (Phi) is 4.30. The predicted molar refractivity (Wildman–Crippen MR) is 97.9 cm³/mol. The molecule has 2 aromatic rings. The van der Waals surface area contributed by atoms with Gasteiger partial charge in [0.05, 0.1) is 12.7 Å². The van der Waals surface area contributed by atoms with E-state index in [1.54, 1.807) is 0 Å². The van der Waals surface area contributed by atoms with Crippen LogP contribution in [0.15, 0.2) is 60.7 Å². The van der Waals surface area contributed by atoms with Gasteiger partial charge in [0, 0.05) is 11.1 Å². The molecule has 3 heterocycles. The second-order valence-corrected chi connectivity index (χ2v) is 7.53. The number of hydrogen-bond acceptors (Lipinski definition) is 5. The molecule has 7 atom stereocenters. The van der Waals surface area contributed by atoms with E-state index in [9.17, 15) is 0 Å². The summed E-state index contributed by atoms with van der Waals surface area (Å²) >= 11 is 0. The highest BCUT2D eigenvalue weighted by Gasteiger charge is 2.58. The zero-order chi connectivity index (χ0) is 18.4. The van der Waals surface area contributed by atoms with Crippen LogP contribution in [0.4, 0.5) is 0 Å². The third-order valence-corrected chi connectivity index (χ3v) is 5.65. The maximum absolute atomic E-state index is 6.48. The smallest absolute Gasteiger partial charge is 0.193 e. The van der Waals surface area contributed by atoms with Gasteiger partial charge in [-0.2, -0.15) is 0 Å². The van der Waals surface area contributed by atoms with Crippen molar-refractivity contribution in [2.45, 2.75) is 56.4 Å². The van der Waals surface area contributed by atoms with Crippen molar-refractivity contribution < 1.29 is 23.7 Å². The van der Waals surface area contributed by atoms with Crippen LogP contribution >= 0.6 is 0 Å². The van der Waals surface area contributed by atoms with Crippen molar-refractivity contribution in [3.8, 4) is 0 Å². The molecule has 3 saturated heterocycles. The molecule has 2 aromatic carbocycles. The van der Waals surface area contributed by atoms with Gasteiger partial charge in [0.1, 0.15) is 24.4 Å². The molecule has 0 spiro atoms. The molecule has 5 heteroatoms. The number of fused-ring (bicyclic) bond motifs is 3. The summed E-state index contributed by atoms with van der Waals surface area (Å²) in [5, 5.41) is 0. The summed E-state index contributed by atoms with van der Waals surface area (Å²) in [4.78, 5) is 0. The summed E-state index contributed by atoms with van der Waals surface area (Å²) in [5.41, 5.74) is 1.99. The van der Waals surface area contributed by atoms with Crippen molar-refractivity contribution in [1.82, 2.24) is 0 Å². The minimum absolute atomic E-state index is 0.0951. The Bertz CT molecular complexity index is 782. The average molecular weight is 368 g/mol. The van der Waals surface area contributed by atoms with Crippen LogP contribution in [0.3, 0.4) is 0 Å². The fraction of sp³-hybridized carbons (Fsp3) is 0.455. The first kappa shape index (κ1) is 17.3. The van der Waals surface area contributed by atoms with E-state index in [4.69, 9.17) is 23.7 Å². The highest BCUT2D eigenvalue weighted by Crippen LogP contribution is 2.45. The van der Waals surface area contributed by atoms with Gasteiger partial charge < -0.3 is 23.7 Å². The van der Waals surface area contributed by atoms with E-state index < -0.39 is 12.1 Å². The third-order valence-electron chi connectivity index (χ3n) is 5.65. The zero-order valence-electron chi connectivity index (χ0n) is 15.5. The van der Waals surface area contributed by atoms with Crippen molar-refractivity contribution in [2.24, 2.45) is 0 Å². The van der Waals surface area contributed by atoms with Crippen molar-refractivity contribution in [3.63, 3.8) is 0 Å². The van der Waals surface area contributed by atoms with E-state index in [2.05, 4.69) is 0 Å². The fourth-order valence-electron chi connectivity index (χ4n) is 4.27. The maximum atomic E-state index is 6.48. The summed E-state index contributed by atoms with van der Waals surface area (Å²) in [6, 6.07) is 20.0. The van der Waals surface area contributed by atoms with Crippen LogP contribution in [0, 0.1) is 0 Å². The van der Waals surface area contributed by atoms with Gasteiger partial charge >= 0.3 is 0 Å². The summed E-state index contributed by atoms with van der Waals surface area (Å²) in [6.45, 7) is 4.47. The SMILES string of the molecule is C[C@@H]1OC2COC(c3ccccc3)O[C@@H]2C2OC(C)(c3ccccc3)OC21. The average Bonchev–Trinajstić information content (AvgIpc) is 3.09. The van der Waals surface area contributed by atoms with Gasteiger partial charge in [-0.25, -0.2) is 0 Å². The number of ether oxygens (including phenoxy) is 5. The standard InChI is InChI=1S/C22H24O5/c1-14-18-20(27-22(2,26-18)16-11-7-4-8-12-16)19-17(24-14)13-23-21(25-19)15-9-5-3-6-10-15/h3-12,14,17-21H,13H2,1-2H3/t14-,17?,18?,19-,20?,21?,22?/m0/s1. The fourth-order valence-corrected chi connectivity index (χ4v) is 4.27. The van der Waals surface area contributed by atoms with E-state index >= 15 is 0 Å². The second-order valence-electron chi connectivity index (χ2n) is 7.53. The number of rotatable bonds is 2. The summed E-state index contributed by atoms with van der Waals surface area (Å²) in [6.07, 6.45) is -1.32. The van der Waals surface area contributed by atoms with Crippen molar-refractivity contribution in [3.05, 3.63) is 71.8 Å². The molecule has 0 N–H and O–H groups in total. The van der Waals surface area contributed by atoms with Gasteiger partial charge in [-0.15, -0.1) is 0 Å². The topological polar surface area (TPSA) is 46.2 Å². The summed E-state index contributed by atoms with van der Waals surface area (Å²) in [7, 11) is 0. The Morgan fingerprint density at radius 3 is 2.22 bits per heavy atom. The van der Waals surface area contributed by atoms with E-state index in [1.165, 1.54) is 0 Å². The lowest BCUT2D eigenvalue weighted by molar-refractivity contribution is -0.314. The molecule has 142 valence electrons. The molecule has 0 aromatic heterocycles. The van der Waals surface area contributed by atoms with Gasteiger partial charge in [0.25, 0.3) is 0 Å². The Labute approximate surface area is 159 Å². The Hall–Kier alpha value is -1.76. The molecule has 3 aliphatic heterocycles. The zero-order valence-corrected chi connectivity index (χ0v) is 15.5. The lowest BCUT2D eigenvalue weighted by Gasteiger charge is -2.45. The molecule has 27 heavy (non-hydrogen) atoms. The van der Waals surface area contributed by atoms with Crippen LogP contribution < -0.4 is 0 Å². The Balaban J connectivity index is 1.42. The quantitative estimate of drug-likeness (QED) is 0.811. The van der Waals surface area contributed by atoms with Crippen molar-refractivity contribution in [2.75, 3.05) is 6.61 Å². The monoisotopic (exact) mass is 368 g/mol. The Morgan fingerprint density at radius 1 is 0.815 bits per heavy atom. The number of benzene rings is 2. The van der Waals surface area contributed by atoms with Crippen LogP contribution in [0.1, 0.15) is 31.3 Å². The highest BCUT2D eigenvalue weighted by molar-refractivity contribution is 5.22. The first-order chi connectivity index (χ1) is 13.1. The molecule has 0 aliphatic carbocycles. The predicted octanol–water partition coefficient (Wildman–Crippen LogP) is 3.54. The minimum atomic E-state index is -0.812. The first-order valence-corrected chi connectivity index (χ1v) is 9.53. The van der Waals surface area contributed by atoms with Crippen LogP contribution in [0.25, 0.3) is 0 Å². The third kappa shape index (κ3) is 3.00. The first-order valence-electron chi connectivity index (χ1n) is 9.53. The van der Waals surface area contributed by atoms with E-state index in [-0.39, 0.29) is 30.5 Å². The molecule has 5 nitrogen and oxygen atoms in total. The van der Waals surface area contributed by atoms with Crippen molar-refractivity contribution >= 4 is 0 Å². The second kappa shape index (κ2) is 6.69. The van der Waals surface area contributed by atoms with E-state index in [0.717, 1.165) is 11.1 Å². The largest absolute Gasteiger partial charge is 0.367 e. The molecule has 0 saturated carbocycles. The van der Waals surface area contributed by atoms with E-state index in [1.807, 2.05) is 74.5 Å². The summed E-state index contributed by atoms with van der Waals surface area (Å²) in [5.74, 6) is -0.812. The summed E-state index contributed by atoms with van der Waals surface area (Å²) < 4.78 is 31.3. The molecule has 5 rings (SSSR count). The molecule has 0 amide bonds. The van der Waals surface area contributed by atoms with Crippen LogP contribution in [-0.4, -0.2) is 37.1 Å². The maximum Gasteiger partial charge on any atom is 0.193 e. The molecule has 3 aliphatic rings. The minimum Gasteiger partial charge on any atom is -0.367 e. The molecular weight excluding hydrogens is 344 g/mol. The molecule has 3 fully saturated rings. The number of hydrogen-bond donors (Lipinski definition) is 0. The normalized spacial score (nSPS) is 41.0. The Morgan fingerprint density at radius 2 is 1.48 bits per heavy atom. The van der Waals surface area contributed by atoms with Gasteiger partial charge in [0.15, 0.2) is 12.1 Å². The molecular formula is C22H24O5. The van der Waals surface area contributed by atoms with Crippen LogP contribution in [0.5, 0.6) is 0 Å². The van der Waals surface area contributed by atoms with Crippen LogP contribution in [-0.2, 0) is 29.5 Å².